The zero-order valence-electron chi connectivity index (χ0n) is 12.3. The zero-order chi connectivity index (χ0) is 15.7. The smallest absolute Gasteiger partial charge is 0.270 e. The van der Waals surface area contributed by atoms with E-state index in [2.05, 4.69) is 10.3 Å². The molecule has 1 N–H and O–H groups in total. The van der Waals surface area contributed by atoms with E-state index >= 15 is 0 Å². The predicted octanol–water partition coefficient (Wildman–Crippen LogP) is 2.92. The number of aromatic nitrogens is 1. The van der Waals surface area contributed by atoms with Crippen LogP contribution in [0, 0.1) is 0 Å². The van der Waals surface area contributed by atoms with Crippen molar-refractivity contribution in [3.05, 3.63) is 41.2 Å². The van der Waals surface area contributed by atoms with E-state index < -0.39 is 10.8 Å². The van der Waals surface area contributed by atoms with E-state index in [1.807, 2.05) is 24.3 Å². The third-order valence-electron chi connectivity index (χ3n) is 4.37. The van der Waals surface area contributed by atoms with Gasteiger partial charge in [0.15, 0.2) is 0 Å². The molecule has 1 amide bonds. The van der Waals surface area contributed by atoms with Gasteiger partial charge in [-0.05, 0) is 24.3 Å². The Kier molecular flexibility index (Phi) is 4.19. The number of pyridine rings is 1. The summed E-state index contributed by atoms with van der Waals surface area (Å²) in [4.78, 5) is 16.5. The van der Waals surface area contributed by atoms with Crippen LogP contribution in [0.4, 0.5) is 0 Å². The minimum atomic E-state index is -0.943. The van der Waals surface area contributed by atoms with Crippen LogP contribution in [0.15, 0.2) is 30.3 Å². The van der Waals surface area contributed by atoms with Crippen molar-refractivity contribution in [3.63, 3.8) is 0 Å². The maximum absolute atomic E-state index is 12.3. The molecule has 0 bridgehead atoms. The van der Waals surface area contributed by atoms with Gasteiger partial charge in [-0.3, -0.25) is 9.00 Å². The van der Waals surface area contributed by atoms with Crippen LogP contribution in [-0.4, -0.2) is 32.6 Å². The van der Waals surface area contributed by atoms with Crippen molar-refractivity contribution >= 4 is 39.1 Å². The highest BCUT2D eigenvalue weighted by Crippen LogP contribution is 2.36. The molecule has 0 aliphatic heterocycles. The molecule has 4 nitrogen and oxygen atoms in total. The second kappa shape index (κ2) is 5.97. The second-order valence-corrected chi connectivity index (χ2v) is 7.83. The third-order valence-corrected chi connectivity index (χ3v) is 6.43. The maximum atomic E-state index is 12.3. The molecular formula is C16H17ClN2O2S. The molecule has 1 saturated carbocycles. The summed E-state index contributed by atoms with van der Waals surface area (Å²) in [6.45, 7) is 0.418. The van der Waals surface area contributed by atoms with Gasteiger partial charge in [0.1, 0.15) is 10.8 Å². The monoisotopic (exact) mass is 336 g/mol. The molecule has 1 unspecified atom stereocenters. The number of benzene rings is 1. The van der Waals surface area contributed by atoms with E-state index in [9.17, 15) is 9.00 Å². The van der Waals surface area contributed by atoms with Crippen molar-refractivity contribution in [3.8, 4) is 0 Å². The first-order valence-electron chi connectivity index (χ1n) is 7.19. The molecule has 1 aromatic carbocycles. The predicted molar refractivity (Wildman–Crippen MR) is 89.7 cm³/mol. The van der Waals surface area contributed by atoms with Crippen molar-refractivity contribution in [1.82, 2.24) is 10.3 Å². The second-order valence-electron chi connectivity index (χ2n) is 5.69. The molecule has 22 heavy (non-hydrogen) atoms. The van der Waals surface area contributed by atoms with Gasteiger partial charge < -0.3 is 5.32 Å². The van der Waals surface area contributed by atoms with E-state index in [1.54, 1.807) is 12.3 Å². The van der Waals surface area contributed by atoms with Crippen LogP contribution in [0.1, 0.15) is 29.8 Å². The van der Waals surface area contributed by atoms with Gasteiger partial charge in [-0.1, -0.05) is 42.3 Å². The number of carbonyl (C=O) groups is 1. The molecule has 1 heterocycles. The van der Waals surface area contributed by atoms with Crippen LogP contribution in [0.5, 0.6) is 0 Å². The number of nitrogens with zero attached hydrogens (tertiary/aromatic N) is 1. The van der Waals surface area contributed by atoms with Gasteiger partial charge in [-0.2, -0.15) is 0 Å². The zero-order valence-corrected chi connectivity index (χ0v) is 13.8. The van der Waals surface area contributed by atoms with Crippen molar-refractivity contribution < 1.29 is 9.00 Å². The normalized spacial score (nSPS) is 17.7. The first-order valence-corrected chi connectivity index (χ1v) is 9.12. The number of hydrogen-bond donors (Lipinski definition) is 1. The summed E-state index contributed by atoms with van der Waals surface area (Å²) in [5.74, 6) is -0.274. The maximum Gasteiger partial charge on any atom is 0.270 e. The Balaban J connectivity index is 1.79. The van der Waals surface area contributed by atoms with E-state index in [4.69, 9.17) is 11.6 Å². The quantitative estimate of drug-likeness (QED) is 0.873. The van der Waals surface area contributed by atoms with Gasteiger partial charge in [0.2, 0.25) is 0 Å². The molecule has 1 atom stereocenters. The Bertz CT molecular complexity index is 759. The van der Waals surface area contributed by atoms with Crippen LogP contribution in [0.3, 0.4) is 0 Å². The number of nitrogens with one attached hydrogen (secondary N) is 1. The van der Waals surface area contributed by atoms with Crippen LogP contribution < -0.4 is 5.32 Å². The number of carbonyl (C=O) groups excluding carboxylic acids is 1. The lowest BCUT2D eigenvalue weighted by Gasteiger charge is -2.39. The first-order chi connectivity index (χ1) is 10.5. The van der Waals surface area contributed by atoms with Gasteiger partial charge >= 0.3 is 0 Å². The first kappa shape index (κ1) is 15.4. The Hall–Kier alpha value is -1.46. The van der Waals surface area contributed by atoms with Gasteiger partial charge in [0.25, 0.3) is 5.91 Å². The SMILES string of the molecule is CS(=O)C1(CNC(=O)c2cc3ccccc3c(Cl)n2)CCC1. The summed E-state index contributed by atoms with van der Waals surface area (Å²) in [5, 5.41) is 4.89. The highest BCUT2D eigenvalue weighted by molar-refractivity contribution is 7.85. The average Bonchev–Trinajstić information content (AvgIpc) is 2.45. The van der Waals surface area contributed by atoms with E-state index in [0.717, 1.165) is 30.0 Å². The Morgan fingerprint density at radius 2 is 2.14 bits per heavy atom. The fraction of sp³-hybridized carbons (Fsp3) is 0.375. The number of rotatable bonds is 4. The number of fused-ring (bicyclic) bond motifs is 1. The molecule has 0 spiro atoms. The summed E-state index contributed by atoms with van der Waals surface area (Å²) < 4.78 is 11.6. The van der Waals surface area contributed by atoms with Crippen LogP contribution in [-0.2, 0) is 10.8 Å². The summed E-state index contributed by atoms with van der Waals surface area (Å²) in [6.07, 6.45) is 4.55. The van der Waals surface area contributed by atoms with Crippen molar-refractivity contribution in [2.45, 2.75) is 24.0 Å². The summed E-state index contributed by atoms with van der Waals surface area (Å²) in [6, 6.07) is 9.27. The van der Waals surface area contributed by atoms with Gasteiger partial charge in [0, 0.05) is 29.0 Å². The lowest BCUT2D eigenvalue weighted by molar-refractivity contribution is 0.0938. The molecule has 0 radical (unpaired) electrons. The molecule has 1 fully saturated rings. The Morgan fingerprint density at radius 3 is 2.77 bits per heavy atom. The summed E-state index contributed by atoms with van der Waals surface area (Å²) in [7, 11) is -0.943. The van der Waals surface area contributed by atoms with E-state index in [-0.39, 0.29) is 10.7 Å². The van der Waals surface area contributed by atoms with Crippen LogP contribution in [0.2, 0.25) is 5.15 Å². The third kappa shape index (κ3) is 2.75. The molecular weight excluding hydrogens is 320 g/mol. The molecule has 116 valence electrons. The molecule has 1 aliphatic rings. The molecule has 1 aromatic heterocycles. The minimum absolute atomic E-state index is 0.268. The van der Waals surface area contributed by atoms with E-state index in [0.29, 0.717) is 17.4 Å². The molecule has 3 rings (SSSR count). The number of amides is 1. The average molecular weight is 337 g/mol. The molecule has 6 heteroatoms. The standard InChI is InChI=1S/C16H17ClN2O2S/c1-22(21)16(7-4-8-16)10-18-15(20)13-9-11-5-2-3-6-12(11)14(17)19-13/h2-3,5-6,9H,4,7-8,10H2,1H3,(H,18,20). The number of hydrogen-bond acceptors (Lipinski definition) is 3. The number of halogens is 1. The van der Waals surface area contributed by atoms with Gasteiger partial charge in [0.05, 0.1) is 4.75 Å². The van der Waals surface area contributed by atoms with Crippen molar-refractivity contribution in [2.24, 2.45) is 0 Å². The lowest BCUT2D eigenvalue weighted by atomic mass is 9.84. The van der Waals surface area contributed by atoms with Gasteiger partial charge in [-0.15, -0.1) is 0 Å². The fourth-order valence-electron chi connectivity index (χ4n) is 2.74. The highest BCUT2D eigenvalue weighted by Gasteiger charge is 2.41. The topological polar surface area (TPSA) is 59.1 Å². The summed E-state index contributed by atoms with van der Waals surface area (Å²) >= 11 is 6.15. The van der Waals surface area contributed by atoms with Crippen LogP contribution in [0.25, 0.3) is 10.8 Å². The fourth-order valence-corrected chi connectivity index (χ4v) is 4.14. The van der Waals surface area contributed by atoms with Gasteiger partial charge in [-0.25, -0.2) is 4.98 Å². The Labute approximate surface area is 136 Å². The van der Waals surface area contributed by atoms with Crippen molar-refractivity contribution in [1.29, 1.82) is 0 Å². The van der Waals surface area contributed by atoms with Crippen molar-refractivity contribution in [2.75, 3.05) is 12.8 Å². The van der Waals surface area contributed by atoms with Crippen LogP contribution >= 0.6 is 11.6 Å². The molecule has 2 aromatic rings. The molecule has 0 saturated heterocycles. The largest absolute Gasteiger partial charge is 0.349 e. The molecule has 1 aliphatic carbocycles. The van der Waals surface area contributed by atoms with E-state index in [1.165, 1.54) is 0 Å². The highest BCUT2D eigenvalue weighted by atomic mass is 35.5. The minimum Gasteiger partial charge on any atom is -0.349 e. The lowest BCUT2D eigenvalue weighted by Crippen LogP contribution is -2.50. The summed E-state index contributed by atoms with van der Waals surface area (Å²) in [5.41, 5.74) is 0.292. The Morgan fingerprint density at radius 1 is 1.41 bits per heavy atom.